The summed E-state index contributed by atoms with van der Waals surface area (Å²) in [5.41, 5.74) is 4.86. The van der Waals surface area contributed by atoms with E-state index in [0.717, 1.165) is 40.2 Å². The molecule has 3 aromatic heterocycles. The van der Waals surface area contributed by atoms with E-state index in [4.69, 9.17) is 5.73 Å². The molecule has 0 saturated heterocycles. The summed E-state index contributed by atoms with van der Waals surface area (Å²) in [5.74, 6) is -0.317. The SMILES string of the molecule is CCCCCn1c(=O)c2ccccc2n2c(SC(C)C(=O)c3c(N)n(C)c(=O)n(C)c3=O)nnc12. The van der Waals surface area contributed by atoms with Crippen LogP contribution in [-0.4, -0.2) is 39.3 Å². The number of anilines is 1. The van der Waals surface area contributed by atoms with Crippen molar-refractivity contribution in [3.63, 3.8) is 0 Å². The summed E-state index contributed by atoms with van der Waals surface area (Å²) in [4.78, 5) is 51.2. The molecule has 35 heavy (non-hydrogen) atoms. The van der Waals surface area contributed by atoms with Crippen LogP contribution in [0.3, 0.4) is 0 Å². The van der Waals surface area contributed by atoms with Crippen LogP contribution >= 0.6 is 11.8 Å². The van der Waals surface area contributed by atoms with E-state index in [-0.39, 0.29) is 16.9 Å². The summed E-state index contributed by atoms with van der Waals surface area (Å²) in [7, 11) is 2.70. The first-order chi connectivity index (χ1) is 16.7. The molecule has 12 heteroatoms. The molecule has 3 heterocycles. The number of para-hydroxylation sites is 1. The fourth-order valence-electron chi connectivity index (χ4n) is 4.04. The Hall–Kier alpha value is -3.67. The molecule has 2 N–H and O–H groups in total. The smallest absolute Gasteiger partial charge is 0.332 e. The van der Waals surface area contributed by atoms with Crippen LogP contribution in [0, 0.1) is 0 Å². The van der Waals surface area contributed by atoms with Gasteiger partial charge in [-0.2, -0.15) is 0 Å². The van der Waals surface area contributed by atoms with Gasteiger partial charge in [-0.15, -0.1) is 10.2 Å². The van der Waals surface area contributed by atoms with Gasteiger partial charge in [0.2, 0.25) is 5.78 Å². The molecule has 11 nitrogen and oxygen atoms in total. The van der Waals surface area contributed by atoms with Crippen molar-refractivity contribution in [3.05, 3.63) is 61.0 Å². The highest BCUT2D eigenvalue weighted by atomic mass is 32.2. The molecule has 0 bridgehead atoms. The number of thioether (sulfide) groups is 1. The monoisotopic (exact) mass is 497 g/mol. The maximum atomic E-state index is 13.3. The van der Waals surface area contributed by atoms with Crippen LogP contribution in [0.2, 0.25) is 0 Å². The van der Waals surface area contributed by atoms with Crippen LogP contribution in [0.15, 0.2) is 43.8 Å². The Morgan fingerprint density at radius 3 is 2.49 bits per heavy atom. The fraction of sp³-hybridized carbons (Fsp3) is 0.391. The van der Waals surface area contributed by atoms with Gasteiger partial charge in [-0.3, -0.25) is 32.5 Å². The van der Waals surface area contributed by atoms with Crippen molar-refractivity contribution in [1.82, 2.24) is 28.3 Å². The quantitative estimate of drug-likeness (QED) is 0.220. The van der Waals surface area contributed by atoms with E-state index in [0.29, 0.717) is 28.4 Å². The minimum atomic E-state index is -0.769. The zero-order valence-electron chi connectivity index (χ0n) is 20.0. The van der Waals surface area contributed by atoms with Gasteiger partial charge in [-0.1, -0.05) is 43.7 Å². The predicted octanol–water partition coefficient (Wildman–Crippen LogP) is 1.58. The number of nitrogens with two attached hydrogens (primary N) is 1. The lowest BCUT2D eigenvalue weighted by Gasteiger charge is -2.14. The Kier molecular flexibility index (Phi) is 6.66. The molecule has 1 unspecified atom stereocenters. The number of nitrogen functional groups attached to an aromatic ring is 1. The van der Waals surface area contributed by atoms with Crippen molar-refractivity contribution in [2.24, 2.45) is 14.1 Å². The van der Waals surface area contributed by atoms with Crippen molar-refractivity contribution < 1.29 is 4.79 Å². The highest BCUT2D eigenvalue weighted by molar-refractivity contribution is 8.00. The Bertz CT molecular complexity index is 1630. The number of carbonyl (C=O) groups is 1. The van der Waals surface area contributed by atoms with Gasteiger partial charge in [0.05, 0.1) is 16.2 Å². The molecule has 0 aliphatic rings. The Morgan fingerprint density at radius 1 is 1.06 bits per heavy atom. The molecular weight excluding hydrogens is 470 g/mol. The van der Waals surface area contributed by atoms with E-state index in [1.54, 1.807) is 34.1 Å². The second-order valence-electron chi connectivity index (χ2n) is 8.39. The Balaban J connectivity index is 1.81. The van der Waals surface area contributed by atoms with Crippen LogP contribution in [0.4, 0.5) is 5.82 Å². The minimum absolute atomic E-state index is 0.140. The number of fused-ring (bicyclic) bond motifs is 3. The van der Waals surface area contributed by atoms with Crippen molar-refractivity contribution >= 4 is 40.0 Å². The standard InChI is InChI=1S/C23H27N7O4S/c1-5-6-9-12-29-19(32)14-10-7-8-11-15(14)30-21(29)25-26-22(30)35-13(2)17(31)16-18(24)27(3)23(34)28(4)20(16)33/h7-8,10-11,13H,5-6,9,12,24H2,1-4H3. The third kappa shape index (κ3) is 4.07. The zero-order chi connectivity index (χ0) is 25.4. The highest BCUT2D eigenvalue weighted by Crippen LogP contribution is 2.27. The van der Waals surface area contributed by atoms with E-state index >= 15 is 0 Å². The maximum absolute atomic E-state index is 13.3. The first kappa shape index (κ1) is 24.5. The molecule has 0 saturated carbocycles. The topological polar surface area (TPSA) is 139 Å². The molecule has 1 aromatic carbocycles. The molecule has 4 rings (SSSR count). The summed E-state index contributed by atoms with van der Waals surface area (Å²) in [6.45, 7) is 4.23. The molecule has 0 aliphatic heterocycles. The molecule has 1 atom stereocenters. The molecule has 0 amide bonds. The second-order valence-corrected chi connectivity index (χ2v) is 9.70. The number of Topliss-reactive ketones (excluding diaryl/α,β-unsaturated/α-hetero) is 1. The van der Waals surface area contributed by atoms with Crippen molar-refractivity contribution in [3.8, 4) is 0 Å². The molecular formula is C23H27N7O4S. The number of unbranched alkanes of at least 4 members (excludes halogenated alkanes) is 2. The average molecular weight is 498 g/mol. The largest absolute Gasteiger partial charge is 0.384 e. The van der Waals surface area contributed by atoms with Crippen molar-refractivity contribution in [2.45, 2.75) is 50.1 Å². The number of rotatable bonds is 8. The van der Waals surface area contributed by atoms with Crippen LogP contribution < -0.4 is 22.5 Å². The number of nitrogens with zero attached hydrogens (tertiary/aromatic N) is 6. The van der Waals surface area contributed by atoms with Gasteiger partial charge in [0.15, 0.2) is 10.9 Å². The molecule has 184 valence electrons. The average Bonchev–Trinajstić information content (AvgIpc) is 3.27. The van der Waals surface area contributed by atoms with E-state index in [1.807, 2.05) is 6.07 Å². The van der Waals surface area contributed by atoms with Gasteiger partial charge in [-0.25, -0.2) is 4.79 Å². The number of aromatic nitrogens is 6. The van der Waals surface area contributed by atoms with Crippen LogP contribution in [0.5, 0.6) is 0 Å². The third-order valence-electron chi connectivity index (χ3n) is 6.07. The third-order valence-corrected chi connectivity index (χ3v) is 7.11. The maximum Gasteiger partial charge on any atom is 0.332 e. The lowest BCUT2D eigenvalue weighted by molar-refractivity contribution is 0.0992. The number of aryl methyl sites for hydroxylation is 1. The number of hydrogen-bond acceptors (Lipinski definition) is 8. The first-order valence-electron chi connectivity index (χ1n) is 11.3. The summed E-state index contributed by atoms with van der Waals surface area (Å²) in [6.07, 6.45) is 2.81. The highest BCUT2D eigenvalue weighted by Gasteiger charge is 2.27. The Labute approximate surface area is 204 Å². The molecule has 0 radical (unpaired) electrons. The molecule has 0 fully saturated rings. The summed E-state index contributed by atoms with van der Waals surface area (Å²) < 4.78 is 5.30. The summed E-state index contributed by atoms with van der Waals surface area (Å²) in [5, 5.41) is 8.71. The van der Waals surface area contributed by atoms with Crippen LogP contribution in [-0.2, 0) is 20.6 Å². The number of carbonyl (C=O) groups excluding carboxylic acids is 1. The van der Waals surface area contributed by atoms with E-state index in [9.17, 15) is 19.2 Å². The molecule has 4 aromatic rings. The predicted molar refractivity (Wildman–Crippen MR) is 135 cm³/mol. The van der Waals surface area contributed by atoms with Crippen molar-refractivity contribution in [2.75, 3.05) is 5.73 Å². The van der Waals surface area contributed by atoms with Gasteiger partial charge in [0.25, 0.3) is 11.1 Å². The number of benzene rings is 1. The summed E-state index contributed by atoms with van der Waals surface area (Å²) >= 11 is 1.11. The number of hydrogen-bond donors (Lipinski definition) is 1. The van der Waals surface area contributed by atoms with Gasteiger partial charge < -0.3 is 5.73 Å². The van der Waals surface area contributed by atoms with Crippen LogP contribution in [0.1, 0.15) is 43.5 Å². The number of ketones is 1. The fourth-order valence-corrected chi connectivity index (χ4v) is 4.95. The minimum Gasteiger partial charge on any atom is -0.384 e. The molecule has 0 aliphatic carbocycles. The van der Waals surface area contributed by atoms with Gasteiger partial charge in [0.1, 0.15) is 11.4 Å². The normalized spacial score (nSPS) is 12.5. The second kappa shape index (κ2) is 9.53. The molecule has 0 spiro atoms. The van der Waals surface area contributed by atoms with Gasteiger partial charge >= 0.3 is 5.69 Å². The summed E-state index contributed by atoms with van der Waals surface area (Å²) in [6, 6.07) is 7.18. The van der Waals surface area contributed by atoms with Crippen molar-refractivity contribution in [1.29, 1.82) is 0 Å². The van der Waals surface area contributed by atoms with E-state index in [2.05, 4.69) is 17.1 Å². The zero-order valence-corrected chi connectivity index (χ0v) is 20.8. The lowest BCUT2D eigenvalue weighted by atomic mass is 10.1. The first-order valence-corrected chi connectivity index (χ1v) is 12.2. The van der Waals surface area contributed by atoms with Gasteiger partial charge in [0, 0.05) is 20.6 Å². The van der Waals surface area contributed by atoms with Crippen LogP contribution in [0.25, 0.3) is 16.7 Å². The Morgan fingerprint density at radius 2 is 1.77 bits per heavy atom. The van der Waals surface area contributed by atoms with E-state index in [1.165, 1.54) is 14.1 Å². The lowest BCUT2D eigenvalue weighted by Crippen LogP contribution is -2.42. The van der Waals surface area contributed by atoms with Gasteiger partial charge in [-0.05, 0) is 25.5 Å². The van der Waals surface area contributed by atoms with E-state index < -0.39 is 22.3 Å².